The van der Waals surface area contributed by atoms with Gasteiger partial charge in [-0.15, -0.1) is 0 Å². The molecule has 160 valence electrons. The lowest BCUT2D eigenvalue weighted by Gasteiger charge is -2.22. The number of aromatic nitrogens is 1. The Morgan fingerprint density at radius 2 is 1.87 bits per heavy atom. The second-order valence-electron chi connectivity index (χ2n) is 8.94. The molecule has 1 aromatic heterocycles. The van der Waals surface area contributed by atoms with Gasteiger partial charge in [0, 0.05) is 35.9 Å². The summed E-state index contributed by atoms with van der Waals surface area (Å²) >= 11 is 0. The maximum absolute atomic E-state index is 12.7. The van der Waals surface area contributed by atoms with Crippen molar-refractivity contribution in [3.05, 3.63) is 72.1 Å². The first kappa shape index (κ1) is 20.2. The van der Waals surface area contributed by atoms with E-state index in [0.717, 1.165) is 55.0 Å². The van der Waals surface area contributed by atoms with Crippen molar-refractivity contribution < 1.29 is 4.79 Å². The number of piperidine rings is 1. The molecule has 1 aliphatic heterocycles. The number of nitrogens with one attached hydrogen (secondary N) is 3. The predicted octanol–water partition coefficient (Wildman–Crippen LogP) is 4.07. The summed E-state index contributed by atoms with van der Waals surface area (Å²) in [6.07, 6.45) is 7.08. The average molecular weight is 415 g/mol. The summed E-state index contributed by atoms with van der Waals surface area (Å²) in [5, 5.41) is 12.3. The number of anilines is 1. The van der Waals surface area contributed by atoms with Crippen molar-refractivity contribution in [3.63, 3.8) is 0 Å². The van der Waals surface area contributed by atoms with Crippen LogP contribution in [-0.2, 0) is 11.3 Å². The van der Waals surface area contributed by atoms with Gasteiger partial charge in [0.1, 0.15) is 0 Å². The van der Waals surface area contributed by atoms with Crippen LogP contribution < -0.4 is 16.0 Å². The van der Waals surface area contributed by atoms with Crippen LogP contribution in [0.25, 0.3) is 10.8 Å². The van der Waals surface area contributed by atoms with E-state index in [1.54, 1.807) is 6.20 Å². The second kappa shape index (κ2) is 9.16. The maximum atomic E-state index is 12.7. The normalized spacial score (nSPS) is 21.2. The fourth-order valence-corrected chi connectivity index (χ4v) is 4.64. The molecule has 0 radical (unpaired) electrons. The van der Waals surface area contributed by atoms with Gasteiger partial charge in [0.05, 0.1) is 0 Å². The lowest BCUT2D eigenvalue weighted by Crippen LogP contribution is -2.33. The summed E-state index contributed by atoms with van der Waals surface area (Å²) in [7, 11) is 0. The number of benzene rings is 2. The molecule has 0 spiro atoms. The molecule has 2 fully saturated rings. The Kier molecular flexibility index (Phi) is 5.96. The van der Waals surface area contributed by atoms with Crippen molar-refractivity contribution in [1.82, 2.24) is 15.6 Å². The Bertz CT molecular complexity index is 1040. The minimum Gasteiger partial charge on any atom is -0.326 e. The smallest absolute Gasteiger partial charge is 0.228 e. The summed E-state index contributed by atoms with van der Waals surface area (Å²) < 4.78 is 0. The average Bonchev–Trinajstić information content (AvgIpc) is 3.61. The van der Waals surface area contributed by atoms with Gasteiger partial charge in [-0.3, -0.25) is 9.78 Å². The highest BCUT2D eigenvalue weighted by atomic mass is 16.2. The van der Waals surface area contributed by atoms with Gasteiger partial charge in [-0.1, -0.05) is 30.3 Å². The molecular weight excluding hydrogens is 384 g/mol. The van der Waals surface area contributed by atoms with Gasteiger partial charge in [-0.25, -0.2) is 0 Å². The first-order valence-corrected chi connectivity index (χ1v) is 11.4. The number of hydrogen-bond donors (Lipinski definition) is 3. The second-order valence-corrected chi connectivity index (χ2v) is 8.94. The molecule has 2 aliphatic rings. The molecule has 2 heterocycles. The molecule has 1 saturated heterocycles. The van der Waals surface area contributed by atoms with Gasteiger partial charge in [0.2, 0.25) is 5.91 Å². The fourth-order valence-electron chi connectivity index (χ4n) is 4.64. The number of carbonyl (C=O) groups excluding carboxylic acids is 1. The quantitative estimate of drug-likeness (QED) is 0.545. The molecule has 3 aromatic rings. The van der Waals surface area contributed by atoms with Crippen LogP contribution >= 0.6 is 0 Å². The van der Waals surface area contributed by atoms with E-state index in [1.807, 2.05) is 30.5 Å². The van der Waals surface area contributed by atoms with Gasteiger partial charge < -0.3 is 16.0 Å². The van der Waals surface area contributed by atoms with E-state index in [1.165, 1.54) is 24.0 Å². The number of hydrogen-bond acceptors (Lipinski definition) is 4. The van der Waals surface area contributed by atoms with Gasteiger partial charge in [0.25, 0.3) is 0 Å². The number of amides is 1. The summed E-state index contributed by atoms with van der Waals surface area (Å²) in [4.78, 5) is 16.9. The predicted molar refractivity (Wildman–Crippen MR) is 125 cm³/mol. The van der Waals surface area contributed by atoms with Crippen LogP contribution in [-0.4, -0.2) is 30.5 Å². The van der Waals surface area contributed by atoms with Crippen molar-refractivity contribution in [2.75, 3.05) is 25.0 Å². The van der Waals surface area contributed by atoms with Gasteiger partial charge in [-0.05, 0) is 85.4 Å². The highest BCUT2D eigenvalue weighted by molar-refractivity contribution is 5.97. The van der Waals surface area contributed by atoms with E-state index < -0.39 is 0 Å². The van der Waals surface area contributed by atoms with Crippen LogP contribution in [0, 0.1) is 11.8 Å². The summed E-state index contributed by atoms with van der Waals surface area (Å²) in [6, 6.07) is 16.7. The Balaban J connectivity index is 1.11. The molecule has 3 N–H and O–H groups in total. The number of nitrogens with zero attached hydrogens (tertiary/aromatic N) is 1. The van der Waals surface area contributed by atoms with Gasteiger partial charge >= 0.3 is 0 Å². The van der Waals surface area contributed by atoms with Crippen LogP contribution in [0.2, 0.25) is 0 Å². The molecule has 2 atom stereocenters. The SMILES string of the molecule is O=C(Nc1ccc2cnccc2c1)[C@@H]1C[C@H]1c1ccc(CNCC2CCNCC2)cc1. The van der Waals surface area contributed by atoms with E-state index in [9.17, 15) is 4.79 Å². The molecule has 2 aromatic carbocycles. The van der Waals surface area contributed by atoms with E-state index in [0.29, 0.717) is 5.92 Å². The Morgan fingerprint density at radius 3 is 2.71 bits per heavy atom. The Hall–Kier alpha value is -2.76. The molecule has 1 aliphatic carbocycles. The molecule has 0 bridgehead atoms. The zero-order valence-corrected chi connectivity index (χ0v) is 17.8. The van der Waals surface area contributed by atoms with Crippen LogP contribution in [0.15, 0.2) is 60.9 Å². The standard InChI is InChI=1S/C26H30N4O/c31-26(30-23-6-5-22-17-28-12-9-21(22)13-23)25-14-24(25)20-3-1-18(2-4-20)15-29-16-19-7-10-27-11-8-19/h1-6,9,12-13,17,19,24-25,27,29H,7-8,10-11,14-16H2,(H,30,31)/t24-,25+/m0/s1. The molecule has 5 rings (SSSR count). The zero-order valence-electron chi connectivity index (χ0n) is 17.8. The van der Waals surface area contributed by atoms with Gasteiger partial charge in [0.15, 0.2) is 0 Å². The molecule has 1 saturated carbocycles. The number of pyridine rings is 1. The lowest BCUT2D eigenvalue weighted by molar-refractivity contribution is -0.117. The number of fused-ring (bicyclic) bond motifs is 1. The van der Waals surface area contributed by atoms with E-state index in [4.69, 9.17) is 0 Å². The number of carbonyl (C=O) groups is 1. The van der Waals surface area contributed by atoms with Crippen LogP contribution in [0.3, 0.4) is 0 Å². The fraction of sp³-hybridized carbons (Fsp3) is 0.385. The highest BCUT2D eigenvalue weighted by Gasteiger charge is 2.43. The van der Waals surface area contributed by atoms with Crippen molar-refractivity contribution in [2.24, 2.45) is 11.8 Å². The van der Waals surface area contributed by atoms with E-state index in [-0.39, 0.29) is 11.8 Å². The lowest BCUT2D eigenvalue weighted by atomic mass is 9.98. The third kappa shape index (κ3) is 4.94. The van der Waals surface area contributed by atoms with Gasteiger partial charge in [-0.2, -0.15) is 0 Å². The van der Waals surface area contributed by atoms with Crippen LogP contribution in [0.4, 0.5) is 5.69 Å². The maximum Gasteiger partial charge on any atom is 0.228 e. The Morgan fingerprint density at radius 1 is 1.03 bits per heavy atom. The summed E-state index contributed by atoms with van der Waals surface area (Å²) in [6.45, 7) is 4.31. The minimum atomic E-state index is 0.0667. The highest BCUT2D eigenvalue weighted by Crippen LogP contribution is 2.48. The first-order chi connectivity index (χ1) is 15.3. The van der Waals surface area contributed by atoms with Crippen molar-refractivity contribution in [1.29, 1.82) is 0 Å². The number of rotatable bonds is 7. The molecule has 0 unspecified atom stereocenters. The zero-order chi connectivity index (χ0) is 21.0. The van der Waals surface area contributed by atoms with Crippen molar-refractivity contribution >= 4 is 22.4 Å². The van der Waals surface area contributed by atoms with E-state index in [2.05, 4.69) is 45.2 Å². The van der Waals surface area contributed by atoms with Crippen molar-refractivity contribution in [2.45, 2.75) is 31.7 Å². The third-order valence-corrected chi connectivity index (χ3v) is 6.66. The minimum absolute atomic E-state index is 0.0667. The third-order valence-electron chi connectivity index (χ3n) is 6.66. The van der Waals surface area contributed by atoms with Crippen molar-refractivity contribution in [3.8, 4) is 0 Å². The molecule has 5 heteroatoms. The van der Waals surface area contributed by atoms with Crippen LogP contribution in [0.5, 0.6) is 0 Å². The summed E-state index contributed by atoms with van der Waals surface area (Å²) in [5.41, 5.74) is 3.43. The topological polar surface area (TPSA) is 66.0 Å². The largest absolute Gasteiger partial charge is 0.326 e. The Labute approximate surface area is 183 Å². The molecule has 1 amide bonds. The monoisotopic (exact) mass is 414 g/mol. The van der Waals surface area contributed by atoms with Crippen LogP contribution in [0.1, 0.15) is 36.3 Å². The molecule has 5 nitrogen and oxygen atoms in total. The van der Waals surface area contributed by atoms with E-state index >= 15 is 0 Å². The molecule has 31 heavy (non-hydrogen) atoms. The molecular formula is C26H30N4O. The first-order valence-electron chi connectivity index (χ1n) is 11.4. The summed E-state index contributed by atoms with van der Waals surface area (Å²) in [5.74, 6) is 1.31.